The van der Waals surface area contributed by atoms with Crippen molar-refractivity contribution in [1.29, 1.82) is 0 Å². The predicted octanol–water partition coefficient (Wildman–Crippen LogP) is 5.20. The van der Waals surface area contributed by atoms with Crippen molar-refractivity contribution in [3.05, 3.63) is 95.9 Å². The summed E-state index contributed by atoms with van der Waals surface area (Å²) in [5, 5.41) is 6.09. The molecule has 0 spiro atoms. The van der Waals surface area contributed by atoms with E-state index in [-0.39, 0.29) is 18.4 Å². The molecule has 0 aliphatic carbocycles. The van der Waals surface area contributed by atoms with Gasteiger partial charge in [0.05, 0.1) is 35.0 Å². The van der Waals surface area contributed by atoms with Gasteiger partial charge in [0.25, 0.3) is 11.8 Å². The molecule has 2 N–H and O–H groups in total. The van der Waals surface area contributed by atoms with Crippen LogP contribution >= 0.6 is 0 Å². The van der Waals surface area contributed by atoms with Crippen molar-refractivity contribution in [3.8, 4) is 11.1 Å². The van der Waals surface area contributed by atoms with Gasteiger partial charge in [-0.05, 0) is 86.7 Å². The van der Waals surface area contributed by atoms with E-state index >= 15 is 0 Å². The van der Waals surface area contributed by atoms with E-state index in [0.717, 1.165) is 11.1 Å². The molecule has 5 rings (SSSR count). The van der Waals surface area contributed by atoms with Crippen molar-refractivity contribution in [2.24, 2.45) is 0 Å². The Labute approximate surface area is 274 Å². The lowest BCUT2D eigenvalue weighted by Crippen LogP contribution is -2.41. The Kier molecular flexibility index (Phi) is 9.46. The third kappa shape index (κ3) is 7.67. The Bertz CT molecular complexity index is 1780. The zero-order chi connectivity index (χ0) is 33.9. The summed E-state index contributed by atoms with van der Waals surface area (Å²) in [6.45, 7) is 9.13. The molecule has 2 amide bonds. The first kappa shape index (κ1) is 33.3. The fraction of sp³-hybridized carbons (Fsp3) is 0.286. The van der Waals surface area contributed by atoms with Gasteiger partial charge in [0, 0.05) is 43.9 Å². The summed E-state index contributed by atoms with van der Waals surface area (Å²) in [7, 11) is 2.76. The highest BCUT2D eigenvalue weighted by molar-refractivity contribution is 6.62. The molecule has 3 heterocycles. The first-order chi connectivity index (χ1) is 22.2. The van der Waals surface area contributed by atoms with Crippen molar-refractivity contribution >= 4 is 47.6 Å². The number of rotatable bonds is 9. The number of carbonyl (C=O) groups excluding carboxylic acids is 3. The van der Waals surface area contributed by atoms with Crippen LogP contribution in [0.3, 0.4) is 0 Å². The zero-order valence-corrected chi connectivity index (χ0v) is 27.6. The van der Waals surface area contributed by atoms with E-state index in [1.165, 1.54) is 11.8 Å². The minimum Gasteiger partial charge on any atom is -0.461 e. The second-order valence-corrected chi connectivity index (χ2v) is 12.5. The summed E-state index contributed by atoms with van der Waals surface area (Å²) in [6.07, 6.45) is 4.91. The van der Waals surface area contributed by atoms with Crippen LogP contribution in [0.2, 0.25) is 0 Å². The first-order valence-corrected chi connectivity index (χ1v) is 15.2. The van der Waals surface area contributed by atoms with E-state index in [1.54, 1.807) is 69.1 Å². The monoisotopic (exact) mass is 635 g/mol. The number of carbonyl (C=O) groups is 3. The molecule has 1 fully saturated rings. The van der Waals surface area contributed by atoms with Gasteiger partial charge in [-0.3, -0.25) is 19.4 Å². The van der Waals surface area contributed by atoms with Crippen LogP contribution in [-0.4, -0.2) is 65.1 Å². The summed E-state index contributed by atoms with van der Waals surface area (Å²) in [5.41, 5.74) is 4.08. The number of nitrogens with zero attached hydrogens (tertiary/aromatic N) is 3. The lowest BCUT2D eigenvalue weighted by molar-refractivity contribution is -0.142. The molecule has 1 aliphatic heterocycles. The van der Waals surface area contributed by atoms with Gasteiger partial charge in [0.1, 0.15) is 12.4 Å². The van der Waals surface area contributed by atoms with Crippen LogP contribution in [-0.2, 0) is 25.4 Å². The van der Waals surface area contributed by atoms with E-state index in [1.807, 2.05) is 52.0 Å². The van der Waals surface area contributed by atoms with Gasteiger partial charge < -0.3 is 29.6 Å². The number of hydrogen-bond donors (Lipinski definition) is 2. The smallest absolute Gasteiger partial charge is 0.461 e. The maximum absolute atomic E-state index is 13.3. The maximum Gasteiger partial charge on any atom is 0.495 e. The van der Waals surface area contributed by atoms with Gasteiger partial charge in [-0.1, -0.05) is 18.2 Å². The Balaban J connectivity index is 1.27. The fourth-order valence-corrected chi connectivity index (χ4v) is 4.88. The van der Waals surface area contributed by atoms with Crippen molar-refractivity contribution < 1.29 is 28.4 Å². The number of benzene rings is 2. The van der Waals surface area contributed by atoms with Crippen molar-refractivity contribution in [3.63, 3.8) is 0 Å². The highest BCUT2D eigenvalue weighted by atomic mass is 16.7. The van der Waals surface area contributed by atoms with Gasteiger partial charge in [-0.15, -0.1) is 0 Å². The average molecular weight is 636 g/mol. The molecular weight excluding hydrogens is 597 g/mol. The standard InChI is InChI=1S/C35H38BN5O6/c1-22(42)45-21-27-16-25(12-14-30(27)36-46-34(2,3)35(4,5)47-36)32(43)40-29-17-28(19-37-20-29)39-31-15-13-26(18-38-31)23-8-10-24(11-9-23)33(44)41(6)7/h8-20H,21H2,1-7H3,(H,38,39)(H,40,43). The molecule has 1 saturated heterocycles. The van der Waals surface area contributed by atoms with Crippen LogP contribution in [0.4, 0.5) is 17.2 Å². The lowest BCUT2D eigenvalue weighted by atomic mass is 9.75. The van der Waals surface area contributed by atoms with E-state index < -0.39 is 24.3 Å². The molecule has 2 aromatic heterocycles. The van der Waals surface area contributed by atoms with Crippen LogP contribution in [0, 0.1) is 0 Å². The van der Waals surface area contributed by atoms with Gasteiger partial charge in [-0.2, -0.15) is 0 Å². The Morgan fingerprint density at radius 3 is 2.09 bits per heavy atom. The number of nitrogens with one attached hydrogen (secondary N) is 2. The Morgan fingerprint density at radius 2 is 1.47 bits per heavy atom. The van der Waals surface area contributed by atoms with Crippen LogP contribution in [0.1, 0.15) is 60.9 Å². The highest BCUT2D eigenvalue weighted by Gasteiger charge is 2.52. The van der Waals surface area contributed by atoms with Gasteiger partial charge >= 0.3 is 13.1 Å². The number of aromatic nitrogens is 2. The molecule has 11 nitrogen and oxygen atoms in total. The molecular formula is C35H38BN5O6. The normalized spacial score (nSPS) is 14.7. The van der Waals surface area contributed by atoms with Gasteiger partial charge in [-0.25, -0.2) is 4.98 Å². The first-order valence-electron chi connectivity index (χ1n) is 15.2. The Hall–Kier alpha value is -5.07. The Morgan fingerprint density at radius 1 is 0.830 bits per heavy atom. The molecule has 0 radical (unpaired) electrons. The van der Waals surface area contributed by atoms with Crippen molar-refractivity contribution in [2.75, 3.05) is 24.7 Å². The van der Waals surface area contributed by atoms with Crippen LogP contribution in [0.5, 0.6) is 0 Å². The molecule has 4 aromatic rings. The van der Waals surface area contributed by atoms with E-state index in [9.17, 15) is 14.4 Å². The third-order valence-electron chi connectivity index (χ3n) is 8.25. The van der Waals surface area contributed by atoms with Crippen LogP contribution in [0.25, 0.3) is 11.1 Å². The summed E-state index contributed by atoms with van der Waals surface area (Å²) < 4.78 is 17.7. The minimum absolute atomic E-state index is 0.0376. The summed E-state index contributed by atoms with van der Waals surface area (Å²) in [6, 6.07) is 18.0. The third-order valence-corrected chi connectivity index (χ3v) is 8.25. The molecule has 242 valence electrons. The quantitative estimate of drug-likeness (QED) is 0.188. The van der Waals surface area contributed by atoms with E-state index in [2.05, 4.69) is 20.6 Å². The van der Waals surface area contributed by atoms with Crippen LogP contribution in [0.15, 0.2) is 79.3 Å². The average Bonchev–Trinajstić information content (AvgIpc) is 3.25. The molecule has 47 heavy (non-hydrogen) atoms. The van der Waals surface area contributed by atoms with E-state index in [0.29, 0.717) is 39.3 Å². The van der Waals surface area contributed by atoms with Gasteiger partial charge in [0.2, 0.25) is 0 Å². The maximum atomic E-state index is 13.3. The second kappa shape index (κ2) is 13.3. The van der Waals surface area contributed by atoms with Crippen LogP contribution < -0.4 is 16.1 Å². The van der Waals surface area contributed by atoms with E-state index in [4.69, 9.17) is 14.0 Å². The molecule has 0 unspecified atom stereocenters. The number of hydrogen-bond acceptors (Lipinski definition) is 9. The summed E-state index contributed by atoms with van der Waals surface area (Å²) in [4.78, 5) is 47.4. The lowest BCUT2D eigenvalue weighted by Gasteiger charge is -2.32. The fourth-order valence-electron chi connectivity index (χ4n) is 4.88. The summed E-state index contributed by atoms with van der Waals surface area (Å²) >= 11 is 0. The predicted molar refractivity (Wildman–Crippen MR) is 181 cm³/mol. The molecule has 0 saturated carbocycles. The van der Waals surface area contributed by atoms with Crippen molar-refractivity contribution in [1.82, 2.24) is 14.9 Å². The molecule has 0 atom stereocenters. The largest absolute Gasteiger partial charge is 0.495 e. The number of ether oxygens (including phenoxy) is 1. The van der Waals surface area contributed by atoms with Crippen molar-refractivity contribution in [2.45, 2.75) is 52.4 Å². The molecule has 1 aliphatic rings. The topological polar surface area (TPSA) is 132 Å². The SMILES string of the molecule is CC(=O)OCc1cc(C(=O)Nc2cncc(Nc3ccc(-c4ccc(C(=O)N(C)C)cc4)cn3)c2)ccc1B1OC(C)(C)C(C)(C)O1. The molecule has 0 bridgehead atoms. The number of amides is 2. The number of esters is 1. The highest BCUT2D eigenvalue weighted by Crippen LogP contribution is 2.37. The number of anilines is 3. The minimum atomic E-state index is -0.684. The molecule has 2 aromatic carbocycles. The summed E-state index contributed by atoms with van der Waals surface area (Å²) in [5.74, 6) is -0.270. The number of pyridine rings is 2. The molecule has 12 heteroatoms. The van der Waals surface area contributed by atoms with Gasteiger partial charge in [0.15, 0.2) is 0 Å². The zero-order valence-electron chi connectivity index (χ0n) is 27.6. The second-order valence-electron chi connectivity index (χ2n) is 12.5.